The first kappa shape index (κ1) is 22.6. The maximum absolute atomic E-state index is 13.4. The molecule has 172 valence electrons. The van der Waals surface area contributed by atoms with Gasteiger partial charge in [0.2, 0.25) is 5.91 Å². The standard InChI is InChI=1S/C24H23F3N4O2/c25-18-3-1-16(2-4-18)15-28-22-6-5-21(24(30-22)31-7-9-33-10-8-31)29-23(32)13-17-11-19(26)14-20(27)12-17/h1-6,11-12,14H,7-10,13,15H2,(H,28,30)(H,29,32). The van der Waals surface area contributed by atoms with E-state index < -0.39 is 17.5 Å². The molecule has 1 fully saturated rings. The highest BCUT2D eigenvalue weighted by Gasteiger charge is 2.19. The van der Waals surface area contributed by atoms with E-state index in [2.05, 4.69) is 15.6 Å². The maximum Gasteiger partial charge on any atom is 0.228 e. The van der Waals surface area contributed by atoms with Crippen molar-refractivity contribution in [3.05, 3.63) is 83.2 Å². The van der Waals surface area contributed by atoms with Gasteiger partial charge < -0.3 is 20.3 Å². The third kappa shape index (κ3) is 6.23. The number of pyridine rings is 1. The Morgan fingerprint density at radius 1 is 0.909 bits per heavy atom. The minimum atomic E-state index is -0.731. The zero-order chi connectivity index (χ0) is 23.2. The third-order valence-electron chi connectivity index (χ3n) is 5.13. The fourth-order valence-electron chi connectivity index (χ4n) is 3.55. The average molecular weight is 456 g/mol. The highest BCUT2D eigenvalue weighted by molar-refractivity contribution is 5.95. The van der Waals surface area contributed by atoms with Crippen molar-refractivity contribution in [2.75, 3.05) is 41.8 Å². The molecule has 0 saturated carbocycles. The van der Waals surface area contributed by atoms with Gasteiger partial charge in [0.1, 0.15) is 23.3 Å². The number of halogens is 3. The van der Waals surface area contributed by atoms with Gasteiger partial charge in [-0.15, -0.1) is 0 Å². The molecular formula is C24H23F3N4O2. The van der Waals surface area contributed by atoms with E-state index >= 15 is 0 Å². The van der Waals surface area contributed by atoms with Gasteiger partial charge in [0.15, 0.2) is 5.82 Å². The van der Waals surface area contributed by atoms with E-state index in [4.69, 9.17) is 4.74 Å². The van der Waals surface area contributed by atoms with Crippen molar-refractivity contribution in [2.24, 2.45) is 0 Å². The van der Waals surface area contributed by atoms with E-state index in [0.29, 0.717) is 50.2 Å². The van der Waals surface area contributed by atoms with Crippen molar-refractivity contribution in [3.63, 3.8) is 0 Å². The van der Waals surface area contributed by atoms with Crippen molar-refractivity contribution >= 4 is 23.2 Å². The Kier molecular flexibility index (Phi) is 7.09. The monoisotopic (exact) mass is 456 g/mol. The summed E-state index contributed by atoms with van der Waals surface area (Å²) in [5, 5.41) is 6.01. The number of hydrogen-bond donors (Lipinski definition) is 2. The molecule has 2 N–H and O–H groups in total. The van der Waals surface area contributed by atoms with Crippen LogP contribution in [0.3, 0.4) is 0 Å². The van der Waals surface area contributed by atoms with Gasteiger partial charge in [-0.3, -0.25) is 4.79 Å². The predicted molar refractivity (Wildman–Crippen MR) is 120 cm³/mol. The average Bonchev–Trinajstić information content (AvgIpc) is 2.79. The molecule has 0 bridgehead atoms. The van der Waals surface area contributed by atoms with Crippen LogP contribution in [0, 0.1) is 17.5 Å². The van der Waals surface area contributed by atoms with Crippen molar-refractivity contribution in [1.82, 2.24) is 4.98 Å². The molecule has 9 heteroatoms. The van der Waals surface area contributed by atoms with Gasteiger partial charge in [0.05, 0.1) is 25.3 Å². The Labute approximate surface area is 189 Å². The lowest BCUT2D eigenvalue weighted by Gasteiger charge is -2.29. The van der Waals surface area contributed by atoms with Gasteiger partial charge in [0, 0.05) is 25.7 Å². The number of carbonyl (C=O) groups is 1. The van der Waals surface area contributed by atoms with Gasteiger partial charge in [-0.1, -0.05) is 12.1 Å². The summed E-state index contributed by atoms with van der Waals surface area (Å²) in [6.07, 6.45) is -0.179. The van der Waals surface area contributed by atoms with Crippen LogP contribution in [0.5, 0.6) is 0 Å². The smallest absolute Gasteiger partial charge is 0.228 e. The molecule has 1 saturated heterocycles. The second-order valence-electron chi connectivity index (χ2n) is 7.65. The summed E-state index contributed by atoms with van der Waals surface area (Å²) in [6, 6.07) is 12.7. The minimum absolute atomic E-state index is 0.179. The SMILES string of the molecule is O=C(Cc1cc(F)cc(F)c1)Nc1ccc(NCc2ccc(F)cc2)nc1N1CCOCC1. The first-order chi connectivity index (χ1) is 16.0. The van der Waals surface area contributed by atoms with Gasteiger partial charge in [-0.2, -0.15) is 0 Å². The van der Waals surface area contributed by atoms with E-state index in [0.717, 1.165) is 23.8 Å². The lowest BCUT2D eigenvalue weighted by molar-refractivity contribution is -0.115. The lowest BCUT2D eigenvalue weighted by Crippen LogP contribution is -2.37. The predicted octanol–water partition coefficient (Wildman–Crippen LogP) is 4.13. The number of ether oxygens (including phenoxy) is 1. The zero-order valence-electron chi connectivity index (χ0n) is 17.8. The summed E-state index contributed by atoms with van der Waals surface area (Å²) < 4.78 is 45.4. The molecule has 0 unspecified atom stereocenters. The van der Waals surface area contributed by atoms with E-state index in [-0.39, 0.29) is 17.8 Å². The van der Waals surface area contributed by atoms with Crippen LogP contribution < -0.4 is 15.5 Å². The molecule has 0 aliphatic carbocycles. The molecule has 0 spiro atoms. The molecule has 1 aromatic heterocycles. The summed E-state index contributed by atoms with van der Waals surface area (Å²) in [7, 11) is 0. The fourth-order valence-corrected chi connectivity index (χ4v) is 3.55. The second kappa shape index (κ2) is 10.4. The summed E-state index contributed by atoms with van der Waals surface area (Å²) in [5.41, 5.74) is 1.63. The molecule has 1 amide bonds. The van der Waals surface area contributed by atoms with Crippen LogP contribution in [0.15, 0.2) is 54.6 Å². The van der Waals surface area contributed by atoms with E-state index in [1.807, 2.05) is 4.90 Å². The normalized spacial score (nSPS) is 13.6. The molecule has 0 atom stereocenters. The number of aromatic nitrogens is 1. The Balaban J connectivity index is 1.50. The van der Waals surface area contributed by atoms with Crippen molar-refractivity contribution in [1.29, 1.82) is 0 Å². The quantitative estimate of drug-likeness (QED) is 0.560. The summed E-state index contributed by atoms with van der Waals surface area (Å²) in [5.74, 6) is -1.02. The van der Waals surface area contributed by atoms with Gasteiger partial charge in [-0.25, -0.2) is 18.2 Å². The molecule has 2 aromatic carbocycles. The van der Waals surface area contributed by atoms with Crippen molar-refractivity contribution in [2.45, 2.75) is 13.0 Å². The number of anilines is 3. The van der Waals surface area contributed by atoms with Gasteiger partial charge in [0.25, 0.3) is 0 Å². The topological polar surface area (TPSA) is 66.5 Å². The highest BCUT2D eigenvalue weighted by atomic mass is 19.1. The van der Waals surface area contributed by atoms with Crippen LogP contribution in [0.4, 0.5) is 30.5 Å². The lowest BCUT2D eigenvalue weighted by atomic mass is 10.1. The molecule has 6 nitrogen and oxygen atoms in total. The number of benzene rings is 2. The molecule has 2 heterocycles. The Morgan fingerprint density at radius 3 is 2.30 bits per heavy atom. The molecular weight excluding hydrogens is 433 g/mol. The van der Waals surface area contributed by atoms with Crippen LogP contribution in [0.25, 0.3) is 0 Å². The van der Waals surface area contributed by atoms with E-state index in [1.165, 1.54) is 12.1 Å². The number of amides is 1. The Hall–Kier alpha value is -3.59. The Morgan fingerprint density at radius 2 is 1.61 bits per heavy atom. The van der Waals surface area contributed by atoms with Crippen LogP contribution in [-0.2, 0) is 22.5 Å². The molecule has 33 heavy (non-hydrogen) atoms. The van der Waals surface area contributed by atoms with Crippen molar-refractivity contribution in [3.8, 4) is 0 Å². The van der Waals surface area contributed by atoms with E-state index in [1.54, 1.807) is 24.3 Å². The van der Waals surface area contributed by atoms with Crippen LogP contribution in [0.2, 0.25) is 0 Å². The number of rotatable bonds is 7. The second-order valence-corrected chi connectivity index (χ2v) is 7.65. The summed E-state index contributed by atoms with van der Waals surface area (Å²) >= 11 is 0. The van der Waals surface area contributed by atoms with Crippen LogP contribution >= 0.6 is 0 Å². The highest BCUT2D eigenvalue weighted by Crippen LogP contribution is 2.27. The summed E-state index contributed by atoms with van der Waals surface area (Å²) in [6.45, 7) is 2.72. The number of nitrogens with zero attached hydrogens (tertiary/aromatic N) is 2. The number of hydrogen-bond acceptors (Lipinski definition) is 5. The first-order valence-corrected chi connectivity index (χ1v) is 10.5. The van der Waals surface area contributed by atoms with Crippen LogP contribution in [-0.4, -0.2) is 37.2 Å². The van der Waals surface area contributed by atoms with Gasteiger partial charge in [-0.05, 0) is 47.5 Å². The maximum atomic E-state index is 13.4. The minimum Gasteiger partial charge on any atom is -0.378 e. The van der Waals surface area contributed by atoms with Gasteiger partial charge >= 0.3 is 0 Å². The molecule has 1 aliphatic rings. The first-order valence-electron chi connectivity index (χ1n) is 10.5. The molecule has 4 rings (SSSR count). The number of morpholine rings is 1. The number of nitrogens with one attached hydrogen (secondary N) is 2. The summed E-state index contributed by atoms with van der Waals surface area (Å²) in [4.78, 5) is 19.3. The molecule has 3 aromatic rings. The van der Waals surface area contributed by atoms with E-state index in [9.17, 15) is 18.0 Å². The zero-order valence-corrected chi connectivity index (χ0v) is 17.8. The molecule has 1 aliphatic heterocycles. The number of carbonyl (C=O) groups excluding carboxylic acids is 1. The largest absolute Gasteiger partial charge is 0.378 e. The Bertz CT molecular complexity index is 1100. The van der Waals surface area contributed by atoms with Crippen molar-refractivity contribution < 1.29 is 22.7 Å². The van der Waals surface area contributed by atoms with Crippen LogP contribution in [0.1, 0.15) is 11.1 Å². The third-order valence-corrected chi connectivity index (χ3v) is 5.13. The fraction of sp³-hybridized carbons (Fsp3) is 0.250. The molecule has 0 radical (unpaired) electrons.